The molecule has 2 rings (SSSR count). The summed E-state index contributed by atoms with van der Waals surface area (Å²) < 4.78 is 0. The molecular formula is C12H16ClNO2. The van der Waals surface area contributed by atoms with E-state index in [1.165, 1.54) is 0 Å². The zero-order valence-electron chi connectivity index (χ0n) is 9.06. The van der Waals surface area contributed by atoms with Crippen molar-refractivity contribution in [1.82, 2.24) is 4.90 Å². The predicted molar refractivity (Wildman–Crippen MR) is 63.6 cm³/mol. The highest BCUT2D eigenvalue weighted by molar-refractivity contribution is 6.30. The molecule has 0 spiro atoms. The average molecular weight is 242 g/mol. The Morgan fingerprint density at radius 3 is 2.94 bits per heavy atom. The summed E-state index contributed by atoms with van der Waals surface area (Å²) >= 11 is 5.89. The van der Waals surface area contributed by atoms with Gasteiger partial charge in [0.05, 0.1) is 0 Å². The number of hydrogen-bond donors (Lipinski definition) is 2. The Balaban J connectivity index is 2.01. The maximum absolute atomic E-state index is 9.68. The minimum absolute atomic E-state index is 0.248. The Kier molecular flexibility index (Phi) is 3.69. The van der Waals surface area contributed by atoms with Crippen molar-refractivity contribution in [1.29, 1.82) is 0 Å². The molecule has 0 aromatic heterocycles. The van der Waals surface area contributed by atoms with Gasteiger partial charge in [0.25, 0.3) is 0 Å². The molecule has 1 aliphatic heterocycles. The van der Waals surface area contributed by atoms with Crippen LogP contribution in [-0.4, -0.2) is 34.8 Å². The van der Waals surface area contributed by atoms with Crippen LogP contribution in [0, 0.1) is 5.92 Å². The average Bonchev–Trinajstić information content (AvgIpc) is 2.71. The number of phenolic OH excluding ortho intramolecular Hbond substituents is 1. The van der Waals surface area contributed by atoms with Gasteiger partial charge in [0.15, 0.2) is 0 Å². The summed E-state index contributed by atoms with van der Waals surface area (Å²) in [5.74, 6) is 0.665. The Morgan fingerprint density at radius 1 is 1.44 bits per heavy atom. The summed E-state index contributed by atoms with van der Waals surface area (Å²) in [4.78, 5) is 2.23. The van der Waals surface area contributed by atoms with Gasteiger partial charge in [-0.05, 0) is 37.1 Å². The van der Waals surface area contributed by atoms with Gasteiger partial charge in [-0.2, -0.15) is 0 Å². The smallest absolute Gasteiger partial charge is 0.120 e. The van der Waals surface area contributed by atoms with Gasteiger partial charge in [-0.25, -0.2) is 0 Å². The fraction of sp³-hybridized carbons (Fsp3) is 0.500. The minimum Gasteiger partial charge on any atom is -0.508 e. The SMILES string of the molecule is OC[C@@H]1CCN(Cc2cc(Cl)ccc2O)C1. The molecule has 1 fully saturated rings. The van der Waals surface area contributed by atoms with E-state index in [4.69, 9.17) is 16.7 Å². The molecule has 1 aliphatic rings. The quantitative estimate of drug-likeness (QED) is 0.849. The Labute approximate surface area is 100 Å². The van der Waals surface area contributed by atoms with E-state index in [1.807, 2.05) is 0 Å². The summed E-state index contributed by atoms with van der Waals surface area (Å²) in [5.41, 5.74) is 0.853. The lowest BCUT2D eigenvalue weighted by Gasteiger charge is -2.16. The molecule has 0 saturated carbocycles. The van der Waals surface area contributed by atoms with Crippen LogP contribution in [0.15, 0.2) is 18.2 Å². The normalized spacial score (nSPS) is 21.5. The predicted octanol–water partition coefficient (Wildman–Crippen LogP) is 1.86. The van der Waals surface area contributed by atoms with Crippen LogP contribution in [0.3, 0.4) is 0 Å². The number of nitrogens with zero attached hydrogens (tertiary/aromatic N) is 1. The van der Waals surface area contributed by atoms with Crippen LogP contribution in [0.2, 0.25) is 5.02 Å². The molecule has 16 heavy (non-hydrogen) atoms. The van der Waals surface area contributed by atoms with Gasteiger partial charge < -0.3 is 10.2 Å². The Morgan fingerprint density at radius 2 is 2.25 bits per heavy atom. The molecule has 0 radical (unpaired) electrons. The monoisotopic (exact) mass is 241 g/mol. The van der Waals surface area contributed by atoms with Crippen molar-refractivity contribution in [2.24, 2.45) is 5.92 Å². The number of aliphatic hydroxyl groups excluding tert-OH is 1. The first kappa shape index (κ1) is 11.7. The summed E-state index contributed by atoms with van der Waals surface area (Å²) in [6, 6.07) is 5.10. The summed E-state index contributed by atoms with van der Waals surface area (Å²) in [5, 5.41) is 19.4. The number of hydrogen-bond acceptors (Lipinski definition) is 3. The van der Waals surface area contributed by atoms with Gasteiger partial charge >= 0.3 is 0 Å². The molecule has 1 heterocycles. The maximum atomic E-state index is 9.68. The van der Waals surface area contributed by atoms with Crippen LogP contribution in [0.1, 0.15) is 12.0 Å². The molecule has 2 N–H and O–H groups in total. The molecular weight excluding hydrogens is 226 g/mol. The van der Waals surface area contributed by atoms with Crippen LogP contribution in [-0.2, 0) is 6.54 Å². The standard InChI is InChI=1S/C12H16ClNO2/c13-11-1-2-12(16)10(5-11)7-14-4-3-9(6-14)8-15/h1-2,5,9,15-16H,3-4,6-8H2/t9-/m1/s1. The van der Waals surface area contributed by atoms with Crippen LogP contribution in [0.4, 0.5) is 0 Å². The summed E-state index contributed by atoms with van der Waals surface area (Å²) in [6.45, 7) is 2.81. The molecule has 1 atom stereocenters. The first-order valence-corrected chi connectivity index (χ1v) is 5.87. The van der Waals surface area contributed by atoms with Crippen LogP contribution in [0.25, 0.3) is 0 Å². The molecule has 1 saturated heterocycles. The van der Waals surface area contributed by atoms with Crippen LogP contribution >= 0.6 is 11.6 Å². The molecule has 1 aromatic carbocycles. The second-order valence-electron chi connectivity index (χ2n) is 4.35. The molecule has 4 heteroatoms. The van der Waals surface area contributed by atoms with Gasteiger partial charge in [0.2, 0.25) is 0 Å². The fourth-order valence-corrected chi connectivity index (χ4v) is 2.32. The van der Waals surface area contributed by atoms with E-state index < -0.39 is 0 Å². The van der Waals surface area contributed by atoms with E-state index in [9.17, 15) is 5.11 Å². The van der Waals surface area contributed by atoms with Gasteiger partial charge in [-0.1, -0.05) is 11.6 Å². The molecule has 0 amide bonds. The lowest BCUT2D eigenvalue weighted by atomic mass is 10.1. The van der Waals surface area contributed by atoms with Crippen molar-refractivity contribution in [3.05, 3.63) is 28.8 Å². The maximum Gasteiger partial charge on any atom is 0.120 e. The van der Waals surface area contributed by atoms with Gasteiger partial charge in [0.1, 0.15) is 5.75 Å². The second kappa shape index (κ2) is 5.04. The highest BCUT2D eigenvalue weighted by Crippen LogP contribution is 2.25. The molecule has 3 nitrogen and oxygen atoms in total. The van der Waals surface area contributed by atoms with Crippen molar-refractivity contribution in [2.75, 3.05) is 19.7 Å². The number of halogens is 1. The third-order valence-electron chi connectivity index (χ3n) is 3.06. The van der Waals surface area contributed by atoms with Gasteiger partial charge in [0, 0.05) is 30.3 Å². The highest BCUT2D eigenvalue weighted by Gasteiger charge is 2.22. The Hall–Kier alpha value is -0.770. The van der Waals surface area contributed by atoms with E-state index in [-0.39, 0.29) is 12.4 Å². The molecule has 0 bridgehead atoms. The van der Waals surface area contributed by atoms with E-state index >= 15 is 0 Å². The number of rotatable bonds is 3. The van der Waals surface area contributed by atoms with Crippen molar-refractivity contribution in [3.8, 4) is 5.75 Å². The number of aromatic hydroxyl groups is 1. The van der Waals surface area contributed by atoms with Crippen molar-refractivity contribution < 1.29 is 10.2 Å². The van der Waals surface area contributed by atoms with Gasteiger partial charge in [-0.3, -0.25) is 4.90 Å². The lowest BCUT2D eigenvalue weighted by molar-refractivity contribution is 0.219. The van der Waals surface area contributed by atoms with Crippen LogP contribution < -0.4 is 0 Å². The number of phenols is 1. The molecule has 88 valence electrons. The molecule has 0 aliphatic carbocycles. The molecule has 0 unspecified atom stereocenters. The number of likely N-dealkylation sites (tertiary alicyclic amines) is 1. The Bertz CT molecular complexity index is 370. The third kappa shape index (κ3) is 2.67. The first-order chi connectivity index (χ1) is 7.69. The number of benzene rings is 1. The topological polar surface area (TPSA) is 43.7 Å². The lowest BCUT2D eigenvalue weighted by Crippen LogP contribution is -2.21. The van der Waals surface area contributed by atoms with E-state index in [2.05, 4.69) is 4.90 Å². The fourth-order valence-electron chi connectivity index (χ4n) is 2.13. The molecule has 1 aromatic rings. The van der Waals surface area contributed by atoms with Crippen molar-refractivity contribution in [3.63, 3.8) is 0 Å². The van der Waals surface area contributed by atoms with Crippen molar-refractivity contribution in [2.45, 2.75) is 13.0 Å². The van der Waals surface area contributed by atoms with E-state index in [1.54, 1.807) is 18.2 Å². The highest BCUT2D eigenvalue weighted by atomic mass is 35.5. The second-order valence-corrected chi connectivity index (χ2v) is 4.78. The zero-order valence-corrected chi connectivity index (χ0v) is 9.82. The largest absolute Gasteiger partial charge is 0.508 e. The van der Waals surface area contributed by atoms with E-state index in [0.717, 1.165) is 25.1 Å². The minimum atomic E-state index is 0.248. The van der Waals surface area contributed by atoms with Crippen molar-refractivity contribution >= 4 is 11.6 Å². The summed E-state index contributed by atoms with van der Waals surface area (Å²) in [6.07, 6.45) is 1.03. The zero-order chi connectivity index (χ0) is 11.5. The first-order valence-electron chi connectivity index (χ1n) is 5.49. The summed E-state index contributed by atoms with van der Waals surface area (Å²) in [7, 11) is 0. The van der Waals surface area contributed by atoms with E-state index in [0.29, 0.717) is 17.5 Å². The third-order valence-corrected chi connectivity index (χ3v) is 3.30. The van der Waals surface area contributed by atoms with Gasteiger partial charge in [-0.15, -0.1) is 0 Å². The van der Waals surface area contributed by atoms with Crippen LogP contribution in [0.5, 0.6) is 5.75 Å². The number of aliphatic hydroxyl groups is 1.